The van der Waals surface area contributed by atoms with Gasteiger partial charge in [-0.05, 0) is 37.3 Å². The lowest BCUT2D eigenvalue weighted by atomic mass is 10.2. The number of amides is 2. The molecule has 1 heterocycles. The first-order valence-electron chi connectivity index (χ1n) is 9.42. The third-order valence-corrected chi connectivity index (χ3v) is 6.70. The molecule has 1 unspecified atom stereocenters. The van der Waals surface area contributed by atoms with Crippen molar-refractivity contribution in [2.24, 2.45) is 0 Å². The van der Waals surface area contributed by atoms with E-state index >= 15 is 0 Å². The van der Waals surface area contributed by atoms with Crippen molar-refractivity contribution in [2.75, 3.05) is 10.6 Å². The first kappa shape index (κ1) is 24.8. The van der Waals surface area contributed by atoms with Gasteiger partial charge in [0.25, 0.3) is 0 Å². The summed E-state index contributed by atoms with van der Waals surface area (Å²) in [6, 6.07) is 12.1. The topological polar surface area (TPSA) is 108 Å². The zero-order chi connectivity index (χ0) is 24.0. The second-order valence-electron chi connectivity index (χ2n) is 6.60. The maximum absolute atomic E-state index is 12.6. The maximum Gasteiger partial charge on any atom is 0.328 e. The molecule has 0 radical (unpaired) electrons. The summed E-state index contributed by atoms with van der Waals surface area (Å²) in [7, 11) is 0. The normalized spacial score (nSPS) is 11.8. The Bertz CT molecular complexity index is 1230. The number of thioether (sulfide) groups is 1. The summed E-state index contributed by atoms with van der Waals surface area (Å²) in [5, 5.41) is 16.7. The van der Waals surface area contributed by atoms with E-state index in [9.17, 15) is 14.4 Å². The number of halogens is 2. The number of hydrogen-bond acceptors (Lipinski definition) is 6. The van der Waals surface area contributed by atoms with Gasteiger partial charge >= 0.3 is 5.97 Å². The second-order valence-corrected chi connectivity index (χ2v) is 9.69. The van der Waals surface area contributed by atoms with E-state index in [1.807, 2.05) is 11.4 Å². The number of carboxylic acid groups (broad SMARTS) is 1. The van der Waals surface area contributed by atoms with Gasteiger partial charge in [0.15, 0.2) is 5.13 Å². The van der Waals surface area contributed by atoms with E-state index in [4.69, 9.17) is 28.3 Å². The molecule has 3 aromatic rings. The molecule has 0 bridgehead atoms. The first-order chi connectivity index (χ1) is 15.7. The molecule has 33 heavy (non-hydrogen) atoms. The number of hydrogen-bond donors (Lipinski definition) is 3. The first-order valence-corrected chi connectivity index (χ1v) is 11.9. The molecule has 7 nitrogen and oxygen atoms in total. The van der Waals surface area contributed by atoms with Gasteiger partial charge in [0, 0.05) is 33.7 Å². The molecule has 0 saturated heterocycles. The fraction of sp³-hybridized carbons (Fsp3) is 0.0909. The van der Waals surface area contributed by atoms with Crippen LogP contribution in [0.2, 0.25) is 10.0 Å². The van der Waals surface area contributed by atoms with Gasteiger partial charge < -0.3 is 15.7 Å². The summed E-state index contributed by atoms with van der Waals surface area (Å²) < 4.78 is 0. The fourth-order valence-electron chi connectivity index (χ4n) is 2.56. The van der Waals surface area contributed by atoms with Crippen molar-refractivity contribution in [2.45, 2.75) is 17.1 Å². The van der Waals surface area contributed by atoms with Crippen LogP contribution in [-0.4, -0.2) is 33.1 Å². The highest BCUT2D eigenvalue weighted by Crippen LogP contribution is 2.31. The van der Waals surface area contributed by atoms with Gasteiger partial charge in [-0.15, -0.1) is 23.1 Å². The summed E-state index contributed by atoms with van der Waals surface area (Å²) in [6.45, 7) is 1.76. The fourth-order valence-corrected chi connectivity index (χ4v) is 4.51. The Labute approximate surface area is 207 Å². The van der Waals surface area contributed by atoms with Gasteiger partial charge in [0.05, 0.1) is 21.0 Å². The lowest BCUT2D eigenvalue weighted by Gasteiger charge is -2.11. The average Bonchev–Trinajstić information content (AvgIpc) is 3.23. The van der Waals surface area contributed by atoms with Crippen LogP contribution in [0.3, 0.4) is 0 Å². The molecular weight excluding hydrogens is 505 g/mol. The molecule has 1 aromatic heterocycles. The van der Waals surface area contributed by atoms with Crippen LogP contribution in [0.5, 0.6) is 0 Å². The number of carboxylic acids is 1. The molecule has 0 fully saturated rings. The van der Waals surface area contributed by atoms with E-state index in [2.05, 4.69) is 15.6 Å². The molecule has 2 amide bonds. The van der Waals surface area contributed by atoms with Gasteiger partial charge in [0.2, 0.25) is 11.8 Å². The number of aliphatic carboxylic acids is 1. The number of anilines is 2. The number of aromatic nitrogens is 1. The SMILES string of the molecule is CC(Sc1cccc(NC(=O)/C=C/C(=O)O)c1)C(=O)Nc1nc(-c2ccc(Cl)c(Cl)c2)cs1. The third kappa shape index (κ3) is 7.33. The van der Waals surface area contributed by atoms with Crippen molar-refractivity contribution in [1.29, 1.82) is 0 Å². The molecular formula is C22H17Cl2N3O4S2. The summed E-state index contributed by atoms with van der Waals surface area (Å²) in [5.74, 6) is -2.00. The predicted molar refractivity (Wildman–Crippen MR) is 133 cm³/mol. The molecule has 0 aliphatic heterocycles. The molecule has 170 valence electrons. The van der Waals surface area contributed by atoms with Crippen LogP contribution in [0.25, 0.3) is 11.3 Å². The van der Waals surface area contributed by atoms with Crippen molar-refractivity contribution >= 4 is 74.9 Å². The molecule has 2 aromatic carbocycles. The van der Waals surface area contributed by atoms with E-state index in [-0.39, 0.29) is 5.91 Å². The van der Waals surface area contributed by atoms with Gasteiger partial charge in [-0.2, -0.15) is 0 Å². The predicted octanol–water partition coefficient (Wildman–Crippen LogP) is 5.82. The molecule has 0 aliphatic carbocycles. The highest BCUT2D eigenvalue weighted by atomic mass is 35.5. The van der Waals surface area contributed by atoms with Crippen LogP contribution in [0.1, 0.15) is 6.92 Å². The van der Waals surface area contributed by atoms with Gasteiger partial charge in [-0.25, -0.2) is 9.78 Å². The maximum atomic E-state index is 12.6. The van der Waals surface area contributed by atoms with Crippen LogP contribution in [0.15, 0.2) is 64.9 Å². The number of rotatable bonds is 8. The van der Waals surface area contributed by atoms with Crippen LogP contribution < -0.4 is 10.6 Å². The van der Waals surface area contributed by atoms with Crippen molar-refractivity contribution < 1.29 is 19.5 Å². The standard InChI is InChI=1S/C22H17Cl2N3O4S2/c1-12(33-15-4-2-3-14(10-15)25-19(28)7-8-20(29)30)21(31)27-22-26-18(11-32-22)13-5-6-16(23)17(24)9-13/h2-12H,1H3,(H,25,28)(H,29,30)(H,26,27,31)/b8-7+. The van der Waals surface area contributed by atoms with E-state index in [1.54, 1.807) is 43.3 Å². The van der Waals surface area contributed by atoms with Crippen molar-refractivity contribution in [3.8, 4) is 11.3 Å². The Balaban J connectivity index is 1.60. The number of carbonyl (C=O) groups is 3. The van der Waals surface area contributed by atoms with E-state index < -0.39 is 17.1 Å². The van der Waals surface area contributed by atoms with Crippen LogP contribution in [-0.2, 0) is 14.4 Å². The van der Waals surface area contributed by atoms with E-state index in [1.165, 1.54) is 23.1 Å². The number of nitrogens with zero attached hydrogens (tertiary/aromatic N) is 1. The number of benzene rings is 2. The molecule has 3 rings (SSSR count). The summed E-state index contributed by atoms with van der Waals surface area (Å²) in [5.41, 5.74) is 1.95. The minimum atomic E-state index is -1.21. The molecule has 0 spiro atoms. The Morgan fingerprint density at radius 2 is 1.88 bits per heavy atom. The van der Waals surface area contributed by atoms with E-state index in [0.717, 1.165) is 22.6 Å². The number of thiazole rings is 1. The quantitative estimate of drug-likeness (QED) is 0.254. The van der Waals surface area contributed by atoms with Crippen molar-refractivity contribution in [3.63, 3.8) is 0 Å². The number of carbonyl (C=O) groups excluding carboxylic acids is 2. The Kier molecular flexibility index (Phi) is 8.51. The van der Waals surface area contributed by atoms with Gasteiger partial charge in [-0.1, -0.05) is 35.3 Å². The minimum absolute atomic E-state index is 0.228. The summed E-state index contributed by atoms with van der Waals surface area (Å²) in [6.07, 6.45) is 1.68. The zero-order valence-electron chi connectivity index (χ0n) is 17.0. The third-order valence-electron chi connectivity index (χ3n) is 4.11. The highest BCUT2D eigenvalue weighted by molar-refractivity contribution is 8.00. The minimum Gasteiger partial charge on any atom is -0.478 e. The average molecular weight is 522 g/mol. The van der Waals surface area contributed by atoms with Gasteiger partial charge in [0.1, 0.15) is 0 Å². The lowest BCUT2D eigenvalue weighted by Crippen LogP contribution is -2.22. The lowest BCUT2D eigenvalue weighted by molar-refractivity contribution is -0.131. The second kappa shape index (κ2) is 11.3. The van der Waals surface area contributed by atoms with Gasteiger partial charge in [-0.3, -0.25) is 9.59 Å². The molecule has 3 N–H and O–H groups in total. The van der Waals surface area contributed by atoms with Crippen molar-refractivity contribution in [3.05, 3.63) is 70.0 Å². The zero-order valence-corrected chi connectivity index (χ0v) is 20.2. The summed E-state index contributed by atoms with van der Waals surface area (Å²) >= 11 is 14.6. The summed E-state index contributed by atoms with van der Waals surface area (Å²) in [4.78, 5) is 40.1. The monoisotopic (exact) mass is 521 g/mol. The van der Waals surface area contributed by atoms with E-state index in [0.29, 0.717) is 26.6 Å². The molecule has 1 atom stereocenters. The Morgan fingerprint density at radius 1 is 1.09 bits per heavy atom. The molecule has 11 heteroatoms. The Hall–Kier alpha value is -2.85. The van der Waals surface area contributed by atoms with Crippen molar-refractivity contribution in [1.82, 2.24) is 4.98 Å². The number of nitrogens with one attached hydrogen (secondary N) is 2. The smallest absolute Gasteiger partial charge is 0.328 e. The molecule has 0 aliphatic rings. The van der Waals surface area contributed by atoms with Crippen LogP contribution in [0.4, 0.5) is 10.8 Å². The highest BCUT2D eigenvalue weighted by Gasteiger charge is 2.17. The van der Waals surface area contributed by atoms with Crippen LogP contribution >= 0.6 is 46.3 Å². The van der Waals surface area contributed by atoms with Crippen LogP contribution in [0, 0.1) is 0 Å². The Morgan fingerprint density at radius 3 is 2.61 bits per heavy atom. The molecule has 0 saturated carbocycles. The largest absolute Gasteiger partial charge is 0.478 e.